The Bertz CT molecular complexity index is 406. The molecule has 0 aromatic heterocycles. The van der Waals surface area contributed by atoms with Gasteiger partial charge >= 0.3 is 0 Å². The minimum Gasteiger partial charge on any atom is -0.321 e. The van der Waals surface area contributed by atoms with E-state index >= 15 is 0 Å². The maximum Gasteiger partial charge on any atom is 0.195 e. The molecule has 0 heterocycles. The van der Waals surface area contributed by atoms with Crippen molar-refractivity contribution in [2.75, 3.05) is 0 Å². The highest BCUT2D eigenvalue weighted by molar-refractivity contribution is 6.00. The van der Waals surface area contributed by atoms with E-state index in [-0.39, 0.29) is 0 Å². The topological polar surface area (TPSA) is 43.1 Å². The molecule has 1 rings (SSSR count). The van der Waals surface area contributed by atoms with Crippen LogP contribution in [0.25, 0.3) is 0 Å². The van der Waals surface area contributed by atoms with E-state index in [9.17, 15) is 18.0 Å². The molecule has 0 saturated heterocycles. The third kappa shape index (κ3) is 2.41. The molecule has 1 aromatic rings. The Morgan fingerprint density at radius 1 is 1.31 bits per heavy atom. The van der Waals surface area contributed by atoms with Crippen molar-refractivity contribution in [1.82, 2.24) is 0 Å². The van der Waals surface area contributed by atoms with Gasteiger partial charge in [-0.05, 0) is 18.6 Å². The number of hydrogen-bond donors (Lipinski definition) is 1. The van der Waals surface area contributed by atoms with Crippen molar-refractivity contribution >= 4 is 5.78 Å². The van der Waals surface area contributed by atoms with Gasteiger partial charge in [-0.2, -0.15) is 0 Å². The number of Topliss-reactive ketones (excluding diaryl/α,β-unsaturated/α-hetero) is 1. The number of ketones is 1. The molecule has 88 valence electrons. The first-order valence-electron chi connectivity index (χ1n) is 4.92. The Balaban J connectivity index is 3.05. The highest BCUT2D eigenvalue weighted by atomic mass is 19.2. The monoisotopic (exact) mass is 231 g/mol. The molecule has 0 amide bonds. The van der Waals surface area contributed by atoms with E-state index in [0.717, 1.165) is 6.07 Å². The molecule has 2 nitrogen and oxygen atoms in total. The van der Waals surface area contributed by atoms with Crippen LogP contribution in [0, 0.1) is 17.5 Å². The summed E-state index contributed by atoms with van der Waals surface area (Å²) in [6, 6.07) is 0.736. The number of nitrogens with two attached hydrogens (primary N) is 1. The van der Waals surface area contributed by atoms with Crippen molar-refractivity contribution in [3.8, 4) is 0 Å². The summed E-state index contributed by atoms with van der Waals surface area (Å²) in [7, 11) is 0. The fraction of sp³-hybridized carbons (Fsp3) is 0.364. The van der Waals surface area contributed by atoms with E-state index in [4.69, 9.17) is 5.73 Å². The lowest BCUT2D eigenvalue weighted by molar-refractivity contribution is 0.0951. The van der Waals surface area contributed by atoms with Crippen LogP contribution in [0.1, 0.15) is 30.1 Å². The lowest BCUT2D eigenvalue weighted by Gasteiger charge is -2.10. The lowest BCUT2D eigenvalue weighted by Crippen LogP contribution is -2.31. The molecule has 0 saturated carbocycles. The second-order valence-electron chi connectivity index (χ2n) is 3.48. The van der Waals surface area contributed by atoms with Crippen LogP contribution in [0.3, 0.4) is 0 Å². The standard InChI is InChI=1S/C11H12F3NO/c1-2-3-8(15)11(16)6-4-5-7(12)10(14)9(6)13/h4-5,8H,2-3,15H2,1H3. The molecule has 0 aliphatic heterocycles. The van der Waals surface area contributed by atoms with Crippen LogP contribution in [0.5, 0.6) is 0 Å². The third-order valence-electron chi connectivity index (χ3n) is 2.24. The normalized spacial score (nSPS) is 12.6. The van der Waals surface area contributed by atoms with Crippen molar-refractivity contribution in [2.45, 2.75) is 25.8 Å². The van der Waals surface area contributed by atoms with Crippen LogP contribution in [-0.2, 0) is 0 Å². The van der Waals surface area contributed by atoms with Crippen LogP contribution in [0.15, 0.2) is 12.1 Å². The highest BCUT2D eigenvalue weighted by Gasteiger charge is 2.22. The van der Waals surface area contributed by atoms with Gasteiger partial charge in [-0.15, -0.1) is 0 Å². The van der Waals surface area contributed by atoms with Gasteiger partial charge in [-0.1, -0.05) is 13.3 Å². The van der Waals surface area contributed by atoms with Crippen molar-refractivity contribution in [3.05, 3.63) is 35.1 Å². The maximum absolute atomic E-state index is 13.2. The summed E-state index contributed by atoms with van der Waals surface area (Å²) in [5, 5.41) is 0. The average molecular weight is 231 g/mol. The SMILES string of the molecule is CCCC(N)C(=O)c1ccc(F)c(F)c1F. The first-order chi connectivity index (χ1) is 7.49. The quantitative estimate of drug-likeness (QED) is 0.638. The average Bonchev–Trinajstić information content (AvgIpc) is 2.26. The Morgan fingerprint density at radius 2 is 1.94 bits per heavy atom. The third-order valence-corrected chi connectivity index (χ3v) is 2.24. The summed E-state index contributed by atoms with van der Waals surface area (Å²) >= 11 is 0. The van der Waals surface area contributed by atoms with Gasteiger partial charge < -0.3 is 5.73 Å². The van der Waals surface area contributed by atoms with Gasteiger partial charge in [0.15, 0.2) is 23.2 Å². The van der Waals surface area contributed by atoms with Gasteiger partial charge in [0.2, 0.25) is 0 Å². The summed E-state index contributed by atoms with van der Waals surface area (Å²) < 4.78 is 38.7. The minimum absolute atomic E-state index is 0.372. The maximum atomic E-state index is 13.2. The second-order valence-corrected chi connectivity index (χ2v) is 3.48. The second kappa shape index (κ2) is 5.12. The van der Waals surface area contributed by atoms with Gasteiger partial charge in [-0.25, -0.2) is 13.2 Å². The Kier molecular flexibility index (Phi) is 4.06. The first-order valence-corrected chi connectivity index (χ1v) is 4.92. The first kappa shape index (κ1) is 12.7. The lowest BCUT2D eigenvalue weighted by atomic mass is 10.0. The summed E-state index contributed by atoms with van der Waals surface area (Å²) in [6.45, 7) is 1.81. The number of rotatable bonds is 4. The van der Waals surface area contributed by atoms with Crippen molar-refractivity contribution in [2.24, 2.45) is 5.73 Å². The van der Waals surface area contributed by atoms with Crippen LogP contribution in [0.4, 0.5) is 13.2 Å². The summed E-state index contributed by atoms with van der Waals surface area (Å²) in [6.07, 6.45) is 1.02. The molecule has 0 aliphatic rings. The molecular formula is C11H12F3NO. The van der Waals surface area contributed by atoms with Gasteiger partial charge in [0.05, 0.1) is 11.6 Å². The number of benzene rings is 1. The molecule has 16 heavy (non-hydrogen) atoms. The molecule has 0 radical (unpaired) electrons. The minimum atomic E-state index is -1.64. The molecule has 1 unspecified atom stereocenters. The number of halogens is 3. The van der Waals surface area contributed by atoms with Gasteiger partial charge in [0.25, 0.3) is 0 Å². The molecule has 0 aliphatic carbocycles. The zero-order valence-electron chi connectivity index (χ0n) is 8.77. The van der Waals surface area contributed by atoms with Crippen LogP contribution in [-0.4, -0.2) is 11.8 Å². The predicted octanol–water partition coefficient (Wildman–Crippen LogP) is 2.41. The van der Waals surface area contributed by atoms with Crippen LogP contribution < -0.4 is 5.73 Å². The molecule has 1 aromatic carbocycles. The fourth-order valence-corrected chi connectivity index (χ4v) is 1.36. The largest absolute Gasteiger partial charge is 0.321 e. The summed E-state index contributed by atoms with van der Waals surface area (Å²) in [5.41, 5.74) is 4.98. The van der Waals surface area contributed by atoms with Crippen LogP contribution >= 0.6 is 0 Å². The molecule has 0 spiro atoms. The van der Waals surface area contributed by atoms with E-state index in [2.05, 4.69) is 0 Å². The van der Waals surface area contributed by atoms with Crippen molar-refractivity contribution in [3.63, 3.8) is 0 Å². The number of carbonyl (C=O) groups excluding carboxylic acids is 1. The van der Waals surface area contributed by atoms with Crippen molar-refractivity contribution < 1.29 is 18.0 Å². The zero-order valence-corrected chi connectivity index (χ0v) is 8.77. The smallest absolute Gasteiger partial charge is 0.195 e. The van der Waals surface area contributed by atoms with Crippen LogP contribution in [0.2, 0.25) is 0 Å². The van der Waals surface area contributed by atoms with Gasteiger partial charge in [0, 0.05) is 0 Å². The zero-order chi connectivity index (χ0) is 12.3. The molecule has 5 heteroatoms. The van der Waals surface area contributed by atoms with Gasteiger partial charge in [0.1, 0.15) is 0 Å². The summed E-state index contributed by atoms with van der Waals surface area (Å²) in [5.74, 6) is -5.15. The molecule has 1 atom stereocenters. The van der Waals surface area contributed by atoms with Gasteiger partial charge in [-0.3, -0.25) is 4.79 Å². The number of carbonyl (C=O) groups is 1. The van der Waals surface area contributed by atoms with E-state index < -0.39 is 34.8 Å². The Morgan fingerprint density at radius 3 is 2.50 bits per heavy atom. The van der Waals surface area contributed by atoms with E-state index in [0.29, 0.717) is 18.9 Å². The highest BCUT2D eigenvalue weighted by Crippen LogP contribution is 2.17. The number of hydrogen-bond acceptors (Lipinski definition) is 2. The van der Waals surface area contributed by atoms with E-state index in [1.54, 1.807) is 0 Å². The van der Waals surface area contributed by atoms with Crippen molar-refractivity contribution in [1.29, 1.82) is 0 Å². The van der Waals surface area contributed by atoms with E-state index in [1.807, 2.05) is 6.92 Å². The molecule has 0 bridgehead atoms. The Hall–Kier alpha value is -1.36. The molecular weight excluding hydrogens is 219 g/mol. The predicted molar refractivity (Wildman–Crippen MR) is 53.5 cm³/mol. The summed E-state index contributed by atoms with van der Waals surface area (Å²) in [4.78, 5) is 11.6. The fourth-order valence-electron chi connectivity index (χ4n) is 1.36. The molecule has 0 fully saturated rings. The Labute approximate surface area is 91.3 Å². The molecule has 2 N–H and O–H groups in total. The van der Waals surface area contributed by atoms with E-state index in [1.165, 1.54) is 0 Å².